The van der Waals surface area contributed by atoms with Crippen molar-refractivity contribution in [3.8, 4) is 80.5 Å². The molecule has 18 aromatic rings. The average Bonchev–Trinajstić information content (AvgIpc) is 0.802. The lowest BCUT2D eigenvalue weighted by atomic mass is 10.1. The Bertz CT molecular complexity index is 6230. The Labute approximate surface area is 825 Å². The molecule has 142 heavy (non-hydrogen) atoms. The first-order chi connectivity index (χ1) is 69.9. The van der Waals surface area contributed by atoms with E-state index in [0.29, 0.717) is 139 Å². The first-order valence-electron chi connectivity index (χ1n) is 46.9. The van der Waals surface area contributed by atoms with Crippen LogP contribution in [0, 0.1) is 0 Å². The zero-order chi connectivity index (χ0) is 96.5. The molecule has 0 aliphatic heterocycles. The summed E-state index contributed by atoms with van der Waals surface area (Å²) >= 11 is 0. The van der Waals surface area contributed by atoms with E-state index < -0.39 is 11.9 Å². The molecule has 0 aliphatic rings. The van der Waals surface area contributed by atoms with Crippen LogP contribution in [0.1, 0.15) is 98.6 Å². The molecule has 0 amide bonds. The van der Waals surface area contributed by atoms with Gasteiger partial charge in [0.25, 0.3) is 0 Å². The molecule has 0 heterocycles. The number of hydrogen-bond acceptors (Lipinski definition) is 18. The van der Waals surface area contributed by atoms with E-state index in [-0.39, 0.29) is 75.5 Å². The fourth-order valence-corrected chi connectivity index (χ4v) is 15.7. The summed E-state index contributed by atoms with van der Waals surface area (Å²) in [6.07, 6.45) is 0. The summed E-state index contributed by atoms with van der Waals surface area (Å²) in [6, 6.07) is 136. The monoisotopic (exact) mass is 1880 g/mol. The minimum absolute atomic E-state index is 0.0892. The van der Waals surface area contributed by atoms with E-state index in [1.807, 2.05) is 388 Å². The molecule has 18 heteroatoms. The van der Waals surface area contributed by atoms with Crippen LogP contribution in [0.3, 0.4) is 0 Å². The standard InChI is InChI=1S/C124H104O18/c1-88(72-139-121-64-105-48-28-26-46-103(105)62-119(121)123(125)141-86-101-58-115(135-82-97-50-107(127-74-89-30-10-2-11-31-89)66-108(51-97)128-75-90-32-12-3-13-33-90)70-116(59-101)136-83-98-52-109(129-76-91-34-14-4-15-35-91)67-110(53-98)130-77-92-36-16-5-17-37-92)73-140-122-65-106-49-29-27-47-104(106)63-120(122)124(126)142-87-102-60-117(137-84-99-54-111(131-78-93-38-18-6-19-39-93)68-112(55-99)132-79-94-40-20-7-21-41-94)71-118(61-102)138-85-100-56-113(133-80-95-42-22-8-23-43-95)69-114(57-100)134-81-96-44-24-9-25-45-96/h2-71H,1,72-87H2. The van der Waals surface area contributed by atoms with E-state index in [2.05, 4.69) is 6.58 Å². The average molecular weight is 1880 g/mol. The lowest BCUT2D eigenvalue weighted by Crippen LogP contribution is -2.14. The van der Waals surface area contributed by atoms with E-state index in [0.717, 1.165) is 88.3 Å². The van der Waals surface area contributed by atoms with Gasteiger partial charge in [0.1, 0.15) is 197 Å². The summed E-state index contributed by atoms with van der Waals surface area (Å²) < 4.78 is 104. The summed E-state index contributed by atoms with van der Waals surface area (Å²) in [5.74, 6) is 5.62. The third-order valence-corrected chi connectivity index (χ3v) is 23.0. The fraction of sp³-hybridized carbons (Fsp3) is 0.129. The number of hydrogen-bond donors (Lipinski definition) is 0. The van der Waals surface area contributed by atoms with Gasteiger partial charge in [-0.15, -0.1) is 0 Å². The summed E-state index contributed by atoms with van der Waals surface area (Å²) in [4.78, 5) is 30.0. The van der Waals surface area contributed by atoms with Crippen molar-refractivity contribution >= 4 is 33.5 Å². The van der Waals surface area contributed by atoms with Crippen molar-refractivity contribution in [3.63, 3.8) is 0 Å². The van der Waals surface area contributed by atoms with E-state index >= 15 is 9.59 Å². The number of rotatable bonds is 48. The molecule has 18 aromatic carbocycles. The van der Waals surface area contributed by atoms with Gasteiger partial charge in [0.05, 0.1) is 0 Å². The van der Waals surface area contributed by atoms with Crippen LogP contribution >= 0.6 is 0 Å². The first-order valence-corrected chi connectivity index (χ1v) is 46.9. The molecular weight excluding hydrogens is 1780 g/mol. The molecule has 0 fully saturated rings. The SMILES string of the molecule is C=C(COc1cc2ccccc2cc1C(=O)OCc1cc(OCc2cc(OCc3ccccc3)cc(OCc3ccccc3)c2)cc(OCc2cc(OCc3ccccc3)cc(OCc3ccccc3)c2)c1)COc1cc2ccccc2cc1C(=O)OCc1cc(OCc2cc(OCc3ccccc3)cc(OCc3ccccc3)c2)cc(OCc2cc(OCc3ccccc3)cc(OCc3ccccc3)c2)c1. The Hall–Kier alpha value is -17.6. The number of carbonyl (C=O) groups is 2. The van der Waals surface area contributed by atoms with Crippen LogP contribution in [0.2, 0.25) is 0 Å². The minimum atomic E-state index is -0.666. The molecule has 0 bridgehead atoms. The lowest BCUT2D eigenvalue weighted by Gasteiger charge is -2.17. The third kappa shape index (κ3) is 28.3. The zero-order valence-electron chi connectivity index (χ0n) is 78.3. The highest BCUT2D eigenvalue weighted by Gasteiger charge is 2.23. The molecule has 0 radical (unpaired) electrons. The molecule has 18 nitrogen and oxygen atoms in total. The number of esters is 2. The second kappa shape index (κ2) is 48.4. The van der Waals surface area contributed by atoms with Crippen LogP contribution in [0.4, 0.5) is 0 Å². The Kier molecular flexibility index (Phi) is 32.3. The van der Waals surface area contributed by atoms with Gasteiger partial charge in [0.2, 0.25) is 0 Å². The van der Waals surface area contributed by atoms with Crippen molar-refractivity contribution < 1.29 is 85.4 Å². The fourth-order valence-electron chi connectivity index (χ4n) is 15.7. The molecular formula is C124H104O18. The lowest BCUT2D eigenvalue weighted by molar-refractivity contribution is 0.0459. The molecule has 0 aliphatic carbocycles. The number of carbonyl (C=O) groups excluding carboxylic acids is 2. The van der Waals surface area contributed by atoms with Crippen molar-refractivity contribution in [2.24, 2.45) is 0 Å². The summed E-state index contributed by atoms with van der Waals surface area (Å²) in [5, 5.41) is 3.18. The third-order valence-electron chi connectivity index (χ3n) is 23.0. The molecule has 708 valence electrons. The largest absolute Gasteiger partial charge is 0.489 e. The highest BCUT2D eigenvalue weighted by atomic mass is 16.6. The topological polar surface area (TPSA) is 182 Å². The highest BCUT2D eigenvalue weighted by molar-refractivity contribution is 6.00. The quantitative estimate of drug-likeness (QED) is 0.0259. The predicted octanol–water partition coefficient (Wildman–Crippen LogP) is 27.7. The van der Waals surface area contributed by atoms with Crippen molar-refractivity contribution in [3.05, 3.63) is 526 Å². The molecule has 0 saturated carbocycles. The predicted molar refractivity (Wildman–Crippen MR) is 548 cm³/mol. The maximum absolute atomic E-state index is 15.0. The number of ether oxygens (including phenoxy) is 16. The van der Waals surface area contributed by atoms with Crippen molar-refractivity contribution in [2.45, 2.75) is 92.5 Å². The number of fused-ring (bicyclic) bond motifs is 2. The Morgan fingerprint density at radius 2 is 0.317 bits per heavy atom. The molecule has 0 spiro atoms. The molecule has 0 N–H and O–H groups in total. The van der Waals surface area contributed by atoms with Crippen molar-refractivity contribution in [2.75, 3.05) is 13.2 Å². The second-order valence-corrected chi connectivity index (χ2v) is 34.1. The van der Waals surface area contributed by atoms with Crippen LogP contribution in [-0.4, -0.2) is 25.2 Å². The van der Waals surface area contributed by atoms with Gasteiger partial charge in [-0.25, -0.2) is 9.59 Å². The van der Waals surface area contributed by atoms with E-state index in [4.69, 9.17) is 75.8 Å². The summed E-state index contributed by atoms with van der Waals surface area (Å²) in [6.45, 7) is 6.79. The van der Waals surface area contributed by atoms with Gasteiger partial charge in [-0.05, 0) is 202 Å². The normalized spacial score (nSPS) is 10.9. The van der Waals surface area contributed by atoms with E-state index in [1.165, 1.54) is 0 Å². The van der Waals surface area contributed by atoms with Gasteiger partial charge < -0.3 is 75.8 Å². The van der Waals surface area contributed by atoms with E-state index in [9.17, 15) is 0 Å². The van der Waals surface area contributed by atoms with Crippen LogP contribution in [0.15, 0.2) is 437 Å². The van der Waals surface area contributed by atoms with Gasteiger partial charge in [0, 0.05) is 36.4 Å². The highest BCUT2D eigenvalue weighted by Crippen LogP contribution is 2.38. The molecule has 0 saturated heterocycles. The van der Waals surface area contributed by atoms with Gasteiger partial charge in [0.15, 0.2) is 0 Å². The first kappa shape index (κ1) is 94.7. The maximum Gasteiger partial charge on any atom is 0.342 e. The van der Waals surface area contributed by atoms with Crippen molar-refractivity contribution in [1.29, 1.82) is 0 Å². The van der Waals surface area contributed by atoms with Crippen LogP contribution < -0.4 is 66.3 Å². The minimum Gasteiger partial charge on any atom is -0.489 e. The summed E-state index contributed by atoms with van der Waals surface area (Å²) in [7, 11) is 0. The van der Waals surface area contributed by atoms with Crippen LogP contribution in [0.5, 0.6) is 80.5 Å². The molecule has 0 unspecified atom stereocenters. The summed E-state index contributed by atoms with van der Waals surface area (Å²) in [5.41, 5.74) is 13.1. The van der Waals surface area contributed by atoms with Crippen LogP contribution in [0.25, 0.3) is 21.5 Å². The van der Waals surface area contributed by atoms with Gasteiger partial charge in [-0.3, -0.25) is 0 Å². The number of benzene rings is 18. The molecule has 0 aromatic heterocycles. The van der Waals surface area contributed by atoms with E-state index in [1.54, 1.807) is 36.4 Å². The second-order valence-electron chi connectivity index (χ2n) is 34.1. The zero-order valence-corrected chi connectivity index (χ0v) is 78.3. The smallest absolute Gasteiger partial charge is 0.342 e. The molecule has 0 atom stereocenters. The Balaban J connectivity index is 0.580. The van der Waals surface area contributed by atoms with Gasteiger partial charge in [-0.2, -0.15) is 0 Å². The maximum atomic E-state index is 15.0. The Morgan fingerprint density at radius 1 is 0.162 bits per heavy atom. The van der Waals surface area contributed by atoms with Crippen molar-refractivity contribution in [1.82, 2.24) is 0 Å². The molecule has 18 rings (SSSR count). The van der Waals surface area contributed by atoms with Gasteiger partial charge in [-0.1, -0.05) is 298 Å². The van der Waals surface area contributed by atoms with Crippen LogP contribution in [-0.2, 0) is 102 Å². The van der Waals surface area contributed by atoms with Gasteiger partial charge >= 0.3 is 11.9 Å². The Morgan fingerprint density at radius 3 is 0.500 bits per heavy atom.